The largest absolute Gasteiger partial charge is 0.340 e. The maximum atomic E-state index is 5.97. The van der Waals surface area contributed by atoms with Crippen molar-refractivity contribution in [1.82, 2.24) is 0 Å². The first kappa shape index (κ1) is 10.7. The summed E-state index contributed by atoms with van der Waals surface area (Å²) in [7, 11) is 0. The van der Waals surface area contributed by atoms with Gasteiger partial charge in [0.1, 0.15) is 0 Å². The van der Waals surface area contributed by atoms with E-state index in [2.05, 4.69) is 32.9 Å². The van der Waals surface area contributed by atoms with Crippen molar-refractivity contribution in [2.75, 3.05) is 0 Å². The molecule has 1 aromatic carbocycles. The molecule has 1 aliphatic rings. The van der Waals surface area contributed by atoms with E-state index in [0.29, 0.717) is 0 Å². The van der Waals surface area contributed by atoms with Crippen LogP contribution >= 0.6 is 0 Å². The fourth-order valence-corrected chi connectivity index (χ4v) is 2.02. The fraction of sp³-hybridized carbons (Fsp3) is 0.538. The third-order valence-corrected chi connectivity index (χ3v) is 3.09. The molecule has 2 rings (SSSR count). The minimum atomic E-state index is -0.528. The summed E-state index contributed by atoms with van der Waals surface area (Å²) in [5, 5.41) is 0. The normalized spacial score (nSPS) is 29.3. The van der Waals surface area contributed by atoms with Crippen LogP contribution in [-0.2, 0) is 15.3 Å². The molecular weight excluding hydrogens is 188 g/mol. The zero-order valence-electron chi connectivity index (χ0n) is 9.57. The molecule has 0 unspecified atom stereocenters. The highest BCUT2D eigenvalue weighted by molar-refractivity contribution is 5.21. The highest BCUT2D eigenvalue weighted by Gasteiger charge is 2.43. The van der Waals surface area contributed by atoms with Crippen LogP contribution in [0.15, 0.2) is 30.3 Å². The van der Waals surface area contributed by atoms with E-state index in [1.165, 1.54) is 0 Å². The van der Waals surface area contributed by atoms with Gasteiger partial charge < -0.3 is 9.47 Å². The Morgan fingerprint density at radius 1 is 1.07 bits per heavy atom. The van der Waals surface area contributed by atoms with Gasteiger partial charge in [-0.2, -0.15) is 0 Å². The van der Waals surface area contributed by atoms with E-state index >= 15 is 0 Å². The van der Waals surface area contributed by atoms with Crippen LogP contribution in [0.1, 0.15) is 32.8 Å². The van der Waals surface area contributed by atoms with Crippen LogP contribution in [-0.4, -0.2) is 12.2 Å². The lowest BCUT2D eigenvalue weighted by Crippen LogP contribution is -2.26. The van der Waals surface area contributed by atoms with Crippen LogP contribution in [0.25, 0.3) is 0 Å². The molecule has 0 spiro atoms. The van der Waals surface area contributed by atoms with Crippen LogP contribution in [0.2, 0.25) is 0 Å². The van der Waals surface area contributed by atoms with Crippen molar-refractivity contribution >= 4 is 0 Å². The molecule has 2 heteroatoms. The fourth-order valence-electron chi connectivity index (χ4n) is 2.02. The molecule has 2 atom stereocenters. The van der Waals surface area contributed by atoms with Crippen LogP contribution in [0.3, 0.4) is 0 Å². The Labute approximate surface area is 91.2 Å². The van der Waals surface area contributed by atoms with Gasteiger partial charge in [0.15, 0.2) is 5.79 Å². The first-order chi connectivity index (χ1) is 7.18. The smallest absolute Gasteiger partial charge is 0.195 e. The molecule has 82 valence electrons. The monoisotopic (exact) mass is 206 g/mol. The van der Waals surface area contributed by atoms with E-state index in [4.69, 9.17) is 9.47 Å². The van der Waals surface area contributed by atoms with E-state index in [9.17, 15) is 0 Å². The summed E-state index contributed by atoms with van der Waals surface area (Å²) in [6, 6.07) is 10.2. The average Bonchev–Trinajstić information content (AvgIpc) is 2.57. The summed E-state index contributed by atoms with van der Waals surface area (Å²) in [6.45, 7) is 6.22. The molecule has 0 N–H and O–H groups in total. The second-order valence-electron chi connectivity index (χ2n) is 4.12. The van der Waals surface area contributed by atoms with Gasteiger partial charge in [-0.05, 0) is 13.8 Å². The first-order valence-corrected chi connectivity index (χ1v) is 5.59. The van der Waals surface area contributed by atoms with E-state index in [1.807, 2.05) is 18.2 Å². The zero-order valence-corrected chi connectivity index (χ0v) is 9.57. The van der Waals surface area contributed by atoms with Crippen molar-refractivity contribution in [2.24, 2.45) is 0 Å². The summed E-state index contributed by atoms with van der Waals surface area (Å²) in [5.41, 5.74) is 1.11. The van der Waals surface area contributed by atoms with Gasteiger partial charge in [-0.25, -0.2) is 0 Å². The van der Waals surface area contributed by atoms with Gasteiger partial charge in [0.2, 0.25) is 0 Å². The first-order valence-electron chi connectivity index (χ1n) is 5.59. The molecule has 2 nitrogen and oxygen atoms in total. The Balaban J connectivity index is 2.32. The Bertz CT molecular complexity index is 311. The number of benzene rings is 1. The van der Waals surface area contributed by atoms with Crippen LogP contribution < -0.4 is 0 Å². The summed E-state index contributed by atoms with van der Waals surface area (Å²) in [5.74, 6) is -0.528. The Morgan fingerprint density at radius 3 is 2.07 bits per heavy atom. The van der Waals surface area contributed by atoms with E-state index in [1.54, 1.807) is 0 Å². The lowest BCUT2D eigenvalue weighted by Gasteiger charge is -2.27. The van der Waals surface area contributed by atoms with Crippen molar-refractivity contribution in [3.05, 3.63) is 35.9 Å². The lowest BCUT2D eigenvalue weighted by atomic mass is 10.0. The second-order valence-corrected chi connectivity index (χ2v) is 4.12. The molecule has 1 fully saturated rings. The molecule has 1 heterocycles. The average molecular weight is 206 g/mol. The van der Waals surface area contributed by atoms with Gasteiger partial charge >= 0.3 is 0 Å². The quantitative estimate of drug-likeness (QED) is 0.740. The standard InChI is InChI=1S/C13H18O2/c1-4-13(12-8-6-5-7-9-12)14-10(2)11(3)15-13/h5-11H,4H2,1-3H3/t10-,11-/m1/s1. The van der Waals surface area contributed by atoms with Crippen LogP contribution in [0.4, 0.5) is 0 Å². The Hall–Kier alpha value is -0.860. The zero-order chi connectivity index (χ0) is 10.9. The molecule has 15 heavy (non-hydrogen) atoms. The minimum absolute atomic E-state index is 0.158. The maximum absolute atomic E-state index is 5.97. The molecule has 0 amide bonds. The van der Waals surface area contributed by atoms with Crippen molar-refractivity contribution in [2.45, 2.75) is 45.2 Å². The SMILES string of the molecule is CCC1(c2ccccc2)O[C@H](C)[C@@H](C)O1. The molecule has 0 radical (unpaired) electrons. The minimum Gasteiger partial charge on any atom is -0.340 e. The van der Waals surface area contributed by atoms with Crippen LogP contribution in [0, 0.1) is 0 Å². The van der Waals surface area contributed by atoms with Gasteiger partial charge in [0.25, 0.3) is 0 Å². The van der Waals surface area contributed by atoms with Gasteiger partial charge in [-0.1, -0.05) is 37.3 Å². The van der Waals surface area contributed by atoms with E-state index in [-0.39, 0.29) is 12.2 Å². The molecule has 0 aromatic heterocycles. The number of rotatable bonds is 2. The van der Waals surface area contributed by atoms with E-state index in [0.717, 1.165) is 12.0 Å². The highest BCUT2D eigenvalue weighted by atomic mass is 16.8. The van der Waals surface area contributed by atoms with Crippen molar-refractivity contribution in [1.29, 1.82) is 0 Å². The molecule has 1 aromatic rings. The third kappa shape index (κ3) is 1.80. The number of hydrogen-bond donors (Lipinski definition) is 0. The number of ether oxygens (including phenoxy) is 2. The molecule has 0 saturated carbocycles. The highest BCUT2D eigenvalue weighted by Crippen LogP contribution is 2.39. The predicted molar refractivity (Wildman–Crippen MR) is 59.5 cm³/mol. The molecule has 1 saturated heterocycles. The Kier molecular flexibility index (Phi) is 2.81. The second kappa shape index (κ2) is 3.95. The summed E-state index contributed by atoms with van der Waals surface area (Å²) in [4.78, 5) is 0. The van der Waals surface area contributed by atoms with Gasteiger partial charge in [0, 0.05) is 12.0 Å². The van der Waals surface area contributed by atoms with Gasteiger partial charge in [-0.15, -0.1) is 0 Å². The van der Waals surface area contributed by atoms with Crippen molar-refractivity contribution in [3.8, 4) is 0 Å². The summed E-state index contributed by atoms with van der Waals surface area (Å²) in [6.07, 6.45) is 1.15. The summed E-state index contributed by atoms with van der Waals surface area (Å²) >= 11 is 0. The van der Waals surface area contributed by atoms with E-state index < -0.39 is 5.79 Å². The maximum Gasteiger partial charge on any atom is 0.195 e. The Morgan fingerprint density at radius 2 is 1.60 bits per heavy atom. The van der Waals surface area contributed by atoms with Gasteiger partial charge in [-0.3, -0.25) is 0 Å². The summed E-state index contributed by atoms with van der Waals surface area (Å²) < 4.78 is 11.9. The number of hydrogen-bond acceptors (Lipinski definition) is 2. The topological polar surface area (TPSA) is 18.5 Å². The molecule has 1 aliphatic heterocycles. The van der Waals surface area contributed by atoms with Crippen molar-refractivity contribution in [3.63, 3.8) is 0 Å². The lowest BCUT2D eigenvalue weighted by molar-refractivity contribution is -0.183. The van der Waals surface area contributed by atoms with Gasteiger partial charge in [0.05, 0.1) is 12.2 Å². The third-order valence-electron chi connectivity index (χ3n) is 3.09. The van der Waals surface area contributed by atoms with Crippen LogP contribution in [0.5, 0.6) is 0 Å². The molecule has 0 bridgehead atoms. The predicted octanol–water partition coefficient (Wildman–Crippen LogP) is 3.07. The van der Waals surface area contributed by atoms with Crippen molar-refractivity contribution < 1.29 is 9.47 Å². The molecule has 0 aliphatic carbocycles. The molecular formula is C13H18O2.